The molecule has 1 unspecified atom stereocenters. The minimum absolute atomic E-state index is 0. The molecule has 0 aromatic heterocycles. The second-order valence-corrected chi connectivity index (χ2v) is 10.3. The van der Waals surface area contributed by atoms with Crippen molar-refractivity contribution in [3.8, 4) is 0 Å². The summed E-state index contributed by atoms with van der Waals surface area (Å²) in [7, 11) is 2.73. The van der Waals surface area contributed by atoms with Crippen molar-refractivity contribution in [2.45, 2.75) is 44.5 Å². The van der Waals surface area contributed by atoms with Gasteiger partial charge in [-0.2, -0.15) is 13.2 Å². The zero-order chi connectivity index (χ0) is 29.7. The summed E-state index contributed by atoms with van der Waals surface area (Å²) in [5.74, 6) is -6.39. The second kappa shape index (κ2) is 11.7. The van der Waals surface area contributed by atoms with Gasteiger partial charge in [0, 0.05) is 50.1 Å². The maximum absolute atomic E-state index is 15.0. The Morgan fingerprint density at radius 3 is 2.10 bits per heavy atom. The highest BCUT2D eigenvalue weighted by Crippen LogP contribution is 2.53. The lowest BCUT2D eigenvalue weighted by Crippen LogP contribution is -2.50. The fraction of sp³-hybridized carbons (Fsp3) is 0.481. The lowest BCUT2D eigenvalue weighted by atomic mass is 9.78. The summed E-state index contributed by atoms with van der Waals surface area (Å²) >= 11 is 0. The van der Waals surface area contributed by atoms with Gasteiger partial charge in [-0.25, -0.2) is 18.0 Å². The van der Waals surface area contributed by atoms with Gasteiger partial charge in [0.05, 0.1) is 16.8 Å². The van der Waals surface area contributed by atoms with Gasteiger partial charge in [-0.05, 0) is 44.0 Å². The molecule has 0 bridgehead atoms. The summed E-state index contributed by atoms with van der Waals surface area (Å²) in [6, 6.07) is 1.34. The number of carbonyl (C=O) groups excluding carboxylic acids is 2. The zero-order valence-electron chi connectivity index (χ0n) is 22.8. The molecule has 1 saturated carbocycles. The number of alkyl halides is 3. The fourth-order valence-corrected chi connectivity index (χ4v) is 5.61. The zero-order valence-corrected chi connectivity index (χ0v) is 23.6. The van der Waals surface area contributed by atoms with E-state index in [-0.39, 0.29) is 48.7 Å². The third-order valence-corrected chi connectivity index (χ3v) is 7.64. The van der Waals surface area contributed by atoms with Crippen molar-refractivity contribution in [3.63, 3.8) is 0 Å². The molecule has 4 rings (SSSR count). The molecule has 0 radical (unpaired) electrons. The molecule has 1 aliphatic heterocycles. The molecule has 2 N–H and O–H groups in total. The molecule has 41 heavy (non-hydrogen) atoms. The topological polar surface area (TPSA) is 76.1 Å². The standard InChI is InChI=1S/C27H30F6N4O3.ClH/c1-5-36(6-2)17-7-14(8-17)13-37-21-12-16(34-25(39)35(3)4)11-18(27(31,32)33)22(21)26(40,24(37)38)23-19(29)9-15(28)10-20(23)30;/h9-12,14,17,40H,5-8,13H2,1-4H3,(H,34,39);1H/t14-,17-,26?;. The molecule has 0 spiro atoms. The highest BCUT2D eigenvalue weighted by Gasteiger charge is 2.58. The summed E-state index contributed by atoms with van der Waals surface area (Å²) in [5.41, 5.74) is -8.32. The number of nitrogens with zero attached hydrogens (tertiary/aromatic N) is 3. The van der Waals surface area contributed by atoms with Gasteiger partial charge in [-0.3, -0.25) is 4.79 Å². The molecule has 226 valence electrons. The van der Waals surface area contributed by atoms with Gasteiger partial charge in [0.25, 0.3) is 5.91 Å². The third kappa shape index (κ3) is 5.71. The van der Waals surface area contributed by atoms with Crippen molar-refractivity contribution in [2.75, 3.05) is 43.9 Å². The molecule has 2 aromatic carbocycles. The minimum Gasteiger partial charge on any atom is -0.371 e. The monoisotopic (exact) mass is 608 g/mol. The Labute approximate surface area is 239 Å². The van der Waals surface area contributed by atoms with Gasteiger partial charge in [-0.1, -0.05) is 13.8 Å². The highest BCUT2D eigenvalue weighted by atomic mass is 35.5. The average Bonchev–Trinajstić information content (AvgIpc) is 3.03. The van der Waals surface area contributed by atoms with Crippen molar-refractivity contribution >= 4 is 35.7 Å². The molecular weight excluding hydrogens is 578 g/mol. The maximum atomic E-state index is 15.0. The summed E-state index contributed by atoms with van der Waals surface area (Å²) in [6.45, 7) is 5.41. The third-order valence-electron chi connectivity index (χ3n) is 7.64. The molecular formula is C27H31ClF6N4O3. The van der Waals surface area contributed by atoms with Crippen molar-refractivity contribution in [1.82, 2.24) is 9.80 Å². The van der Waals surface area contributed by atoms with Gasteiger partial charge in [-0.15, -0.1) is 12.4 Å². The quantitative estimate of drug-likeness (QED) is 0.416. The van der Waals surface area contributed by atoms with Crippen LogP contribution in [0, 0.1) is 23.4 Å². The molecule has 1 heterocycles. The molecule has 3 amide bonds. The largest absolute Gasteiger partial charge is 0.416 e. The Kier molecular flexibility index (Phi) is 9.26. The van der Waals surface area contributed by atoms with Crippen molar-refractivity contribution < 1.29 is 41.0 Å². The molecule has 1 fully saturated rings. The predicted molar refractivity (Wildman–Crippen MR) is 142 cm³/mol. The van der Waals surface area contributed by atoms with Crippen LogP contribution in [0.3, 0.4) is 0 Å². The number of benzene rings is 2. The number of aliphatic hydroxyl groups is 1. The van der Waals surface area contributed by atoms with Crippen molar-refractivity contribution in [3.05, 3.63) is 58.4 Å². The SMILES string of the molecule is CCN(CC)[C@H]1C[C@H](CN2C(=O)C(O)(c3c(F)cc(F)cc3F)c3c2cc(NC(=O)N(C)C)cc3C(F)(F)F)C1.Cl. The van der Waals surface area contributed by atoms with Crippen LogP contribution in [0.2, 0.25) is 0 Å². The number of rotatable bonds is 7. The van der Waals surface area contributed by atoms with Crippen LogP contribution in [-0.2, 0) is 16.6 Å². The Morgan fingerprint density at radius 2 is 1.61 bits per heavy atom. The number of urea groups is 1. The normalized spacial score (nSPS) is 21.9. The summed E-state index contributed by atoms with van der Waals surface area (Å²) in [5, 5.41) is 13.9. The van der Waals surface area contributed by atoms with Crippen molar-refractivity contribution in [1.29, 1.82) is 0 Å². The van der Waals surface area contributed by atoms with E-state index in [0.29, 0.717) is 18.9 Å². The van der Waals surface area contributed by atoms with E-state index in [0.717, 1.165) is 29.0 Å². The molecule has 2 aromatic rings. The number of hydrogen-bond acceptors (Lipinski definition) is 4. The van der Waals surface area contributed by atoms with Gasteiger partial charge in [0.2, 0.25) is 5.60 Å². The minimum atomic E-state index is -5.22. The number of fused-ring (bicyclic) bond motifs is 1. The van der Waals surface area contributed by atoms with Crippen LogP contribution in [0.4, 0.5) is 42.5 Å². The van der Waals surface area contributed by atoms with Crippen LogP contribution in [0.25, 0.3) is 0 Å². The average molecular weight is 609 g/mol. The van der Waals surface area contributed by atoms with Crippen LogP contribution in [-0.4, -0.2) is 66.6 Å². The first kappa shape index (κ1) is 32.5. The smallest absolute Gasteiger partial charge is 0.371 e. The Hall–Kier alpha value is -3.03. The molecule has 1 atom stereocenters. The maximum Gasteiger partial charge on any atom is 0.416 e. The molecule has 2 aliphatic rings. The highest BCUT2D eigenvalue weighted by molar-refractivity contribution is 6.10. The van der Waals surface area contributed by atoms with Gasteiger partial charge < -0.3 is 25.1 Å². The van der Waals surface area contributed by atoms with Gasteiger partial charge in [0.1, 0.15) is 17.5 Å². The van der Waals surface area contributed by atoms with Crippen LogP contribution in [0.5, 0.6) is 0 Å². The van der Waals surface area contributed by atoms with E-state index < -0.39 is 63.5 Å². The lowest BCUT2D eigenvalue weighted by molar-refractivity contribution is -0.142. The molecule has 7 nitrogen and oxygen atoms in total. The van der Waals surface area contributed by atoms with Gasteiger partial charge >= 0.3 is 12.2 Å². The second-order valence-electron chi connectivity index (χ2n) is 10.3. The van der Waals surface area contributed by atoms with E-state index in [1.807, 2.05) is 13.8 Å². The van der Waals surface area contributed by atoms with Crippen molar-refractivity contribution in [2.24, 2.45) is 5.92 Å². The Balaban J connectivity index is 0.00000462. The first-order chi connectivity index (χ1) is 18.6. The first-order valence-electron chi connectivity index (χ1n) is 12.8. The summed E-state index contributed by atoms with van der Waals surface area (Å²) in [6.07, 6.45) is -3.99. The number of nitrogens with one attached hydrogen (secondary N) is 1. The van der Waals surface area contributed by atoms with E-state index in [1.54, 1.807) is 0 Å². The molecule has 0 saturated heterocycles. The fourth-order valence-electron chi connectivity index (χ4n) is 5.61. The van der Waals surface area contributed by atoms with Crippen LogP contribution < -0.4 is 10.2 Å². The first-order valence-corrected chi connectivity index (χ1v) is 12.8. The lowest BCUT2D eigenvalue weighted by Gasteiger charge is -2.43. The van der Waals surface area contributed by atoms with Crippen LogP contribution in [0.1, 0.15) is 43.4 Å². The van der Waals surface area contributed by atoms with Gasteiger partial charge in [0.15, 0.2) is 0 Å². The van der Waals surface area contributed by atoms with E-state index >= 15 is 0 Å². The number of amides is 3. The van der Waals surface area contributed by atoms with Crippen LogP contribution >= 0.6 is 12.4 Å². The predicted octanol–water partition coefficient (Wildman–Crippen LogP) is 5.34. The summed E-state index contributed by atoms with van der Waals surface area (Å²) < 4.78 is 87.0. The Bertz CT molecular complexity index is 1310. The number of halogens is 7. The number of anilines is 2. The van der Waals surface area contributed by atoms with E-state index in [2.05, 4.69) is 10.2 Å². The van der Waals surface area contributed by atoms with Crippen LogP contribution in [0.15, 0.2) is 24.3 Å². The summed E-state index contributed by atoms with van der Waals surface area (Å²) in [4.78, 5) is 30.2. The number of carbonyl (C=O) groups is 2. The van der Waals surface area contributed by atoms with E-state index in [9.17, 15) is 41.0 Å². The Morgan fingerprint density at radius 1 is 1.05 bits per heavy atom. The van der Waals surface area contributed by atoms with E-state index in [4.69, 9.17) is 0 Å². The number of hydrogen-bond donors (Lipinski definition) is 2. The van der Waals surface area contributed by atoms with E-state index in [1.165, 1.54) is 14.1 Å². The molecule has 1 aliphatic carbocycles. The molecule has 14 heteroatoms.